The summed E-state index contributed by atoms with van der Waals surface area (Å²) in [7, 11) is -5.79. The molecule has 3 fully saturated rings. The highest BCUT2D eigenvalue weighted by Crippen LogP contribution is 2.51. The third-order valence-corrected chi connectivity index (χ3v) is 12.3. The van der Waals surface area contributed by atoms with Crippen LogP contribution in [-0.2, 0) is 40.5 Å². The number of sulfone groups is 2. The van der Waals surface area contributed by atoms with Crippen molar-refractivity contribution in [2.24, 2.45) is 5.92 Å². The number of benzene rings is 3. The number of carbonyl (C=O) groups excluding carboxylic acids is 1. The molecule has 1 aliphatic carbocycles. The molecule has 0 N–H and O–H groups in total. The number of amides is 1. The molecule has 3 aliphatic rings. The van der Waals surface area contributed by atoms with Crippen LogP contribution in [0.5, 0.6) is 0 Å². The molecule has 200 valence electrons. The Hall–Kier alpha value is -3.05. The van der Waals surface area contributed by atoms with Gasteiger partial charge < -0.3 is 14.4 Å². The summed E-state index contributed by atoms with van der Waals surface area (Å²) in [5.41, 5.74) is 0.771. The standard InChI is InChI=1S/C28H29NO7S2/c1-35-28(36-2)18-23-24(37(31,32)21-14-8-4-9-15-21)25(38(33,34)22-16-10-5-11-17-22)26(28)29(27(23)30)19-20-12-6-3-7-13-20/h3-17,23-26H,18-19H2,1-2H3/t23-,24-,25-,26-/m0/s1. The Balaban J connectivity index is 1.76. The van der Waals surface area contributed by atoms with Crippen LogP contribution in [0.4, 0.5) is 0 Å². The van der Waals surface area contributed by atoms with E-state index in [1.54, 1.807) is 36.4 Å². The molecule has 3 aromatic rings. The average Bonchev–Trinajstić information content (AvgIpc) is 2.95. The van der Waals surface area contributed by atoms with Gasteiger partial charge in [-0.25, -0.2) is 16.8 Å². The van der Waals surface area contributed by atoms with Crippen molar-refractivity contribution in [3.63, 3.8) is 0 Å². The van der Waals surface area contributed by atoms with E-state index in [0.717, 1.165) is 5.56 Å². The molecule has 2 aliphatic heterocycles. The molecule has 38 heavy (non-hydrogen) atoms. The molecule has 2 saturated heterocycles. The summed E-state index contributed by atoms with van der Waals surface area (Å²) in [5, 5.41) is -3.08. The van der Waals surface area contributed by atoms with E-state index in [-0.39, 0.29) is 22.8 Å². The lowest BCUT2D eigenvalue weighted by Crippen LogP contribution is -2.78. The van der Waals surface area contributed by atoms with E-state index in [9.17, 15) is 21.6 Å². The highest BCUT2D eigenvalue weighted by atomic mass is 32.2. The second-order valence-electron chi connectivity index (χ2n) is 9.57. The summed E-state index contributed by atoms with van der Waals surface area (Å²) in [5.74, 6) is -3.17. The van der Waals surface area contributed by atoms with Gasteiger partial charge in [0.05, 0.1) is 21.0 Å². The zero-order chi connectivity index (χ0) is 27.1. The molecular weight excluding hydrogens is 526 g/mol. The minimum atomic E-state index is -4.31. The Labute approximate surface area is 223 Å². The number of carbonyl (C=O) groups is 1. The predicted molar refractivity (Wildman–Crippen MR) is 140 cm³/mol. The Kier molecular flexibility index (Phi) is 6.93. The van der Waals surface area contributed by atoms with E-state index < -0.39 is 53.8 Å². The number of hydrogen-bond donors (Lipinski definition) is 0. The van der Waals surface area contributed by atoms with Gasteiger partial charge in [-0.1, -0.05) is 66.7 Å². The largest absolute Gasteiger partial charge is 0.351 e. The lowest BCUT2D eigenvalue weighted by atomic mass is 9.73. The Bertz CT molecular complexity index is 1510. The molecule has 0 spiro atoms. The molecule has 6 rings (SSSR count). The smallest absolute Gasteiger partial charge is 0.228 e. The van der Waals surface area contributed by atoms with E-state index in [4.69, 9.17) is 9.47 Å². The average molecular weight is 556 g/mol. The summed E-state index contributed by atoms with van der Waals surface area (Å²) >= 11 is 0. The van der Waals surface area contributed by atoms with Crippen molar-refractivity contribution in [2.45, 2.75) is 45.1 Å². The Morgan fingerprint density at radius 2 is 1.18 bits per heavy atom. The van der Waals surface area contributed by atoms with Gasteiger partial charge >= 0.3 is 0 Å². The first-order valence-electron chi connectivity index (χ1n) is 12.2. The highest BCUT2D eigenvalue weighted by Gasteiger charge is 2.70. The molecule has 1 amide bonds. The molecule has 3 aromatic carbocycles. The molecule has 2 heterocycles. The zero-order valence-corrected chi connectivity index (χ0v) is 22.6. The topological polar surface area (TPSA) is 107 Å². The summed E-state index contributed by atoms with van der Waals surface area (Å²) in [6.07, 6.45) is -0.0909. The van der Waals surface area contributed by atoms with E-state index in [1.807, 2.05) is 30.3 Å². The lowest BCUT2D eigenvalue weighted by Gasteiger charge is -2.59. The normalized spacial score (nSPS) is 24.9. The number of methoxy groups -OCH3 is 2. The van der Waals surface area contributed by atoms with Crippen LogP contribution in [0, 0.1) is 5.92 Å². The quantitative estimate of drug-likeness (QED) is 0.393. The van der Waals surface area contributed by atoms with Gasteiger partial charge in [-0.3, -0.25) is 4.79 Å². The minimum absolute atomic E-state index is 0.0287. The van der Waals surface area contributed by atoms with Crippen molar-refractivity contribution < 1.29 is 31.1 Å². The number of nitrogens with zero attached hydrogens (tertiary/aromatic N) is 1. The second-order valence-corrected chi connectivity index (χ2v) is 13.8. The van der Waals surface area contributed by atoms with Crippen molar-refractivity contribution in [1.82, 2.24) is 4.90 Å². The molecule has 2 bridgehead atoms. The van der Waals surface area contributed by atoms with Gasteiger partial charge in [0.25, 0.3) is 0 Å². The van der Waals surface area contributed by atoms with Crippen molar-refractivity contribution in [3.05, 3.63) is 96.6 Å². The van der Waals surface area contributed by atoms with Crippen LogP contribution in [0.1, 0.15) is 12.0 Å². The number of rotatable bonds is 8. The van der Waals surface area contributed by atoms with Gasteiger partial charge in [-0.2, -0.15) is 0 Å². The van der Waals surface area contributed by atoms with Crippen molar-refractivity contribution in [2.75, 3.05) is 14.2 Å². The fourth-order valence-corrected chi connectivity index (χ4v) is 10.9. The third-order valence-electron chi connectivity index (χ3n) is 7.67. The predicted octanol–water partition coefficient (Wildman–Crippen LogP) is 3.09. The molecule has 0 aromatic heterocycles. The number of piperidine rings is 2. The molecule has 4 atom stereocenters. The van der Waals surface area contributed by atoms with Gasteiger partial charge in [-0.15, -0.1) is 0 Å². The first kappa shape index (κ1) is 26.6. The van der Waals surface area contributed by atoms with Gasteiger partial charge in [0.15, 0.2) is 25.5 Å². The summed E-state index contributed by atoms with van der Waals surface area (Å²) in [6, 6.07) is 23.3. The molecule has 10 heteroatoms. The highest BCUT2D eigenvalue weighted by molar-refractivity contribution is 7.96. The molecule has 0 radical (unpaired) electrons. The van der Waals surface area contributed by atoms with Crippen molar-refractivity contribution in [1.29, 1.82) is 0 Å². The van der Waals surface area contributed by atoms with Gasteiger partial charge in [0, 0.05) is 27.2 Å². The van der Waals surface area contributed by atoms with Gasteiger partial charge in [0.1, 0.15) is 11.3 Å². The van der Waals surface area contributed by atoms with Crippen LogP contribution in [0.25, 0.3) is 0 Å². The minimum Gasteiger partial charge on any atom is -0.351 e. The maximum Gasteiger partial charge on any atom is 0.228 e. The van der Waals surface area contributed by atoms with E-state index >= 15 is 0 Å². The third kappa shape index (κ3) is 4.16. The summed E-state index contributed by atoms with van der Waals surface area (Å²) in [4.78, 5) is 15.3. The van der Waals surface area contributed by atoms with E-state index in [0.29, 0.717) is 0 Å². The van der Waals surface area contributed by atoms with Crippen LogP contribution in [-0.4, -0.2) is 64.2 Å². The first-order valence-corrected chi connectivity index (χ1v) is 15.3. The van der Waals surface area contributed by atoms with Crippen LogP contribution in [0.3, 0.4) is 0 Å². The maximum atomic E-state index is 14.4. The zero-order valence-electron chi connectivity index (χ0n) is 21.0. The maximum absolute atomic E-state index is 14.4. The van der Waals surface area contributed by atoms with Crippen LogP contribution >= 0.6 is 0 Å². The van der Waals surface area contributed by atoms with Crippen LogP contribution in [0.2, 0.25) is 0 Å². The molecule has 0 unspecified atom stereocenters. The number of fused-ring (bicyclic) bond motifs is 3. The Morgan fingerprint density at radius 3 is 1.66 bits per heavy atom. The fourth-order valence-electron chi connectivity index (χ4n) is 5.92. The fraction of sp³-hybridized carbons (Fsp3) is 0.321. The monoisotopic (exact) mass is 555 g/mol. The van der Waals surface area contributed by atoms with E-state index in [1.165, 1.54) is 43.4 Å². The van der Waals surface area contributed by atoms with Crippen molar-refractivity contribution >= 4 is 25.6 Å². The Morgan fingerprint density at radius 1 is 0.737 bits per heavy atom. The molecular formula is C28H29NO7S2. The first-order chi connectivity index (χ1) is 18.2. The van der Waals surface area contributed by atoms with Crippen LogP contribution < -0.4 is 0 Å². The van der Waals surface area contributed by atoms with Crippen LogP contribution in [0.15, 0.2) is 101 Å². The van der Waals surface area contributed by atoms with E-state index in [2.05, 4.69) is 0 Å². The van der Waals surface area contributed by atoms with Gasteiger partial charge in [-0.05, 0) is 29.8 Å². The summed E-state index contributed by atoms with van der Waals surface area (Å²) in [6.45, 7) is 0.0776. The van der Waals surface area contributed by atoms with Gasteiger partial charge in [0.2, 0.25) is 5.91 Å². The number of ether oxygens (including phenoxy) is 2. The summed E-state index contributed by atoms with van der Waals surface area (Å²) < 4.78 is 68.7. The molecule has 8 nitrogen and oxygen atoms in total. The second kappa shape index (κ2) is 9.92. The SMILES string of the molecule is COC1(OC)C[C@@H]2C(=O)N(Cc3ccccc3)[C@H]1[C@@H](S(=O)(=O)c1ccccc1)[C@H]2S(=O)(=O)c1ccccc1. The van der Waals surface area contributed by atoms with Crippen molar-refractivity contribution in [3.8, 4) is 0 Å². The number of hydrogen-bond acceptors (Lipinski definition) is 7. The molecule has 1 saturated carbocycles. The lowest BCUT2D eigenvalue weighted by molar-refractivity contribution is -0.277.